The maximum absolute atomic E-state index is 6.05. The predicted octanol–water partition coefficient (Wildman–Crippen LogP) is 5.49. The molecule has 3 heteroatoms. The minimum atomic E-state index is -0.512. The van der Waals surface area contributed by atoms with Crippen molar-refractivity contribution in [3.63, 3.8) is 0 Å². The Bertz CT molecular complexity index is 958. The van der Waals surface area contributed by atoms with Gasteiger partial charge in [-0.1, -0.05) is 60.7 Å². The van der Waals surface area contributed by atoms with Crippen LogP contribution in [0.5, 0.6) is 5.75 Å². The highest BCUT2D eigenvalue weighted by atomic mass is 16.7. The van der Waals surface area contributed by atoms with Gasteiger partial charge in [0.1, 0.15) is 5.75 Å². The summed E-state index contributed by atoms with van der Waals surface area (Å²) in [6.07, 6.45) is 1.47. The highest BCUT2D eigenvalue weighted by molar-refractivity contribution is 5.80. The summed E-state index contributed by atoms with van der Waals surface area (Å²) in [5, 5.41) is 1.16. The molecule has 4 rings (SSSR count). The molecule has 1 unspecified atom stereocenters. The van der Waals surface area contributed by atoms with Gasteiger partial charge in [-0.3, -0.25) is 4.57 Å². The summed E-state index contributed by atoms with van der Waals surface area (Å²) >= 11 is 0. The predicted molar refractivity (Wildman–Crippen MR) is 100 cm³/mol. The van der Waals surface area contributed by atoms with Crippen LogP contribution >= 0.6 is 0 Å². The zero-order chi connectivity index (χ0) is 17.1. The first-order valence-corrected chi connectivity index (χ1v) is 8.26. The van der Waals surface area contributed by atoms with Crippen molar-refractivity contribution in [1.82, 2.24) is 4.57 Å². The molecule has 1 atom stereocenters. The highest BCUT2D eigenvalue weighted by Gasteiger charge is 2.14. The molecule has 0 fully saturated rings. The van der Waals surface area contributed by atoms with Crippen molar-refractivity contribution in [2.24, 2.45) is 0 Å². The first-order chi connectivity index (χ1) is 12.3. The first-order valence-electron chi connectivity index (χ1n) is 8.26. The van der Waals surface area contributed by atoms with Crippen LogP contribution < -0.4 is 4.74 Å². The molecule has 0 amide bonds. The number of ether oxygens (including phenoxy) is 2. The lowest BCUT2D eigenvalue weighted by molar-refractivity contribution is -0.107. The number of aromatic nitrogens is 1. The Morgan fingerprint density at radius 2 is 1.40 bits per heavy atom. The summed E-state index contributed by atoms with van der Waals surface area (Å²) in [6.45, 7) is 0. The van der Waals surface area contributed by atoms with Gasteiger partial charge >= 0.3 is 0 Å². The third-order valence-corrected chi connectivity index (χ3v) is 4.26. The van der Waals surface area contributed by atoms with Crippen LogP contribution in [-0.4, -0.2) is 11.7 Å². The molecule has 0 spiro atoms. The second kappa shape index (κ2) is 6.83. The van der Waals surface area contributed by atoms with Crippen LogP contribution in [0.25, 0.3) is 22.0 Å². The average molecular weight is 329 g/mol. The van der Waals surface area contributed by atoms with E-state index >= 15 is 0 Å². The number of nitrogens with zero attached hydrogens (tertiary/aromatic N) is 1. The van der Waals surface area contributed by atoms with Gasteiger partial charge in [0.15, 0.2) is 0 Å². The van der Waals surface area contributed by atoms with E-state index in [0.717, 1.165) is 22.2 Å². The van der Waals surface area contributed by atoms with E-state index in [0.29, 0.717) is 0 Å². The SMILES string of the molecule is COC(Oc1ccc(-c2ccccc2)cc1)n1ccc2ccccc21. The van der Waals surface area contributed by atoms with Crippen molar-refractivity contribution in [2.75, 3.05) is 7.11 Å². The third-order valence-electron chi connectivity index (χ3n) is 4.26. The second-order valence-corrected chi connectivity index (χ2v) is 5.83. The molecule has 3 nitrogen and oxygen atoms in total. The maximum Gasteiger partial charge on any atom is 0.287 e. The van der Waals surface area contributed by atoms with Crippen LogP contribution in [-0.2, 0) is 4.74 Å². The first kappa shape index (κ1) is 15.5. The zero-order valence-corrected chi connectivity index (χ0v) is 14.0. The number of hydrogen-bond acceptors (Lipinski definition) is 2. The molecule has 0 saturated heterocycles. The fraction of sp³-hybridized carbons (Fsp3) is 0.0909. The van der Waals surface area contributed by atoms with E-state index in [9.17, 15) is 0 Å². The van der Waals surface area contributed by atoms with Gasteiger partial charge in [0.05, 0.1) is 5.52 Å². The van der Waals surface area contributed by atoms with Gasteiger partial charge in [0.25, 0.3) is 6.41 Å². The van der Waals surface area contributed by atoms with Gasteiger partial charge < -0.3 is 9.47 Å². The fourth-order valence-corrected chi connectivity index (χ4v) is 2.98. The van der Waals surface area contributed by atoms with E-state index in [1.54, 1.807) is 7.11 Å². The Balaban J connectivity index is 1.58. The monoisotopic (exact) mass is 329 g/mol. The molecule has 124 valence electrons. The number of benzene rings is 3. The molecule has 0 aliphatic carbocycles. The fourth-order valence-electron chi connectivity index (χ4n) is 2.98. The van der Waals surface area contributed by atoms with Crippen LogP contribution in [0, 0.1) is 0 Å². The van der Waals surface area contributed by atoms with Crippen molar-refractivity contribution in [3.8, 4) is 16.9 Å². The summed E-state index contributed by atoms with van der Waals surface area (Å²) in [5.74, 6) is 0.768. The Kier molecular flexibility index (Phi) is 4.23. The smallest absolute Gasteiger partial charge is 0.287 e. The standard InChI is InChI=1S/C22H19NO2/c1-24-22(23-16-15-19-9-5-6-10-21(19)23)25-20-13-11-18(12-14-20)17-7-3-2-4-8-17/h2-16,22H,1H3. The quantitative estimate of drug-likeness (QED) is 0.452. The van der Waals surface area contributed by atoms with Gasteiger partial charge in [-0.15, -0.1) is 0 Å². The van der Waals surface area contributed by atoms with E-state index in [2.05, 4.69) is 42.5 Å². The number of methoxy groups -OCH3 is 1. The van der Waals surface area contributed by atoms with Gasteiger partial charge in [-0.2, -0.15) is 0 Å². The molecular weight excluding hydrogens is 310 g/mol. The van der Waals surface area contributed by atoms with Crippen molar-refractivity contribution in [3.05, 3.63) is 91.1 Å². The average Bonchev–Trinajstić information content (AvgIpc) is 3.11. The summed E-state index contributed by atoms with van der Waals surface area (Å²) in [5.41, 5.74) is 3.43. The van der Waals surface area contributed by atoms with Crippen molar-refractivity contribution < 1.29 is 9.47 Å². The number of fused-ring (bicyclic) bond motifs is 1. The minimum Gasteiger partial charge on any atom is -0.446 e. The summed E-state index contributed by atoms with van der Waals surface area (Å²) < 4.78 is 13.6. The van der Waals surface area contributed by atoms with E-state index in [4.69, 9.17) is 9.47 Å². The van der Waals surface area contributed by atoms with Crippen LogP contribution in [0.1, 0.15) is 6.41 Å². The van der Waals surface area contributed by atoms with Gasteiger partial charge in [-0.25, -0.2) is 0 Å². The topological polar surface area (TPSA) is 23.4 Å². The van der Waals surface area contributed by atoms with Crippen LogP contribution in [0.4, 0.5) is 0 Å². The molecule has 0 aliphatic heterocycles. The van der Waals surface area contributed by atoms with Gasteiger partial charge in [0, 0.05) is 13.3 Å². The molecule has 0 aliphatic rings. The maximum atomic E-state index is 6.05. The Labute approximate surface area is 147 Å². The van der Waals surface area contributed by atoms with Gasteiger partial charge in [0.2, 0.25) is 0 Å². The second-order valence-electron chi connectivity index (χ2n) is 5.83. The molecule has 1 aromatic heterocycles. The minimum absolute atomic E-state index is 0.512. The van der Waals surface area contributed by atoms with Crippen molar-refractivity contribution in [1.29, 1.82) is 0 Å². The van der Waals surface area contributed by atoms with Crippen LogP contribution in [0.3, 0.4) is 0 Å². The molecule has 25 heavy (non-hydrogen) atoms. The Morgan fingerprint density at radius 3 is 2.16 bits per heavy atom. The molecule has 4 aromatic rings. The Morgan fingerprint density at radius 1 is 0.720 bits per heavy atom. The molecule has 0 N–H and O–H groups in total. The van der Waals surface area contributed by atoms with Crippen LogP contribution in [0.2, 0.25) is 0 Å². The normalized spacial score (nSPS) is 12.2. The molecular formula is C22H19NO2. The lowest BCUT2D eigenvalue weighted by Gasteiger charge is -2.20. The summed E-state index contributed by atoms with van der Waals surface area (Å²) in [4.78, 5) is 0. The molecule has 0 bridgehead atoms. The lowest BCUT2D eigenvalue weighted by Crippen LogP contribution is -2.16. The van der Waals surface area contributed by atoms with E-state index in [1.807, 2.05) is 53.2 Å². The number of hydrogen-bond donors (Lipinski definition) is 0. The van der Waals surface area contributed by atoms with Crippen molar-refractivity contribution >= 4 is 10.9 Å². The van der Waals surface area contributed by atoms with Gasteiger partial charge in [-0.05, 0) is 40.8 Å². The third kappa shape index (κ3) is 3.14. The van der Waals surface area contributed by atoms with Crippen molar-refractivity contribution in [2.45, 2.75) is 6.41 Å². The van der Waals surface area contributed by atoms with E-state index in [-0.39, 0.29) is 0 Å². The number of rotatable bonds is 5. The Hall–Kier alpha value is -3.04. The molecule has 0 saturated carbocycles. The summed E-state index contributed by atoms with van der Waals surface area (Å²) in [7, 11) is 1.65. The van der Waals surface area contributed by atoms with E-state index in [1.165, 1.54) is 5.56 Å². The molecule has 0 radical (unpaired) electrons. The van der Waals surface area contributed by atoms with Crippen LogP contribution in [0.15, 0.2) is 91.1 Å². The molecule has 3 aromatic carbocycles. The largest absolute Gasteiger partial charge is 0.446 e. The molecule has 1 heterocycles. The summed E-state index contributed by atoms with van der Waals surface area (Å²) in [6, 6.07) is 28.6. The number of para-hydroxylation sites is 1. The highest BCUT2D eigenvalue weighted by Crippen LogP contribution is 2.26. The zero-order valence-electron chi connectivity index (χ0n) is 14.0. The lowest BCUT2D eigenvalue weighted by atomic mass is 10.1. The van der Waals surface area contributed by atoms with E-state index < -0.39 is 6.41 Å².